The van der Waals surface area contributed by atoms with E-state index < -0.39 is 4.92 Å². The molecule has 0 spiro atoms. The third-order valence-electron chi connectivity index (χ3n) is 2.81. The summed E-state index contributed by atoms with van der Waals surface area (Å²) in [6.07, 6.45) is 1.52. The fraction of sp³-hybridized carbons (Fsp3) is 0.125. The molecule has 21 heavy (non-hydrogen) atoms. The van der Waals surface area contributed by atoms with E-state index in [1.165, 1.54) is 6.08 Å². The standard InChI is InChI=1S/C16H15NO4/c18-10-11-21-15-8-6-13(7-9-15)12-16(17(19)20)14-4-2-1-3-5-14/h1-9,12,18H,10-11H2. The Morgan fingerprint density at radius 2 is 1.81 bits per heavy atom. The van der Waals surface area contributed by atoms with Gasteiger partial charge in [-0.2, -0.15) is 0 Å². The van der Waals surface area contributed by atoms with Gasteiger partial charge >= 0.3 is 0 Å². The Morgan fingerprint density at radius 3 is 2.38 bits per heavy atom. The number of hydrogen-bond donors (Lipinski definition) is 1. The minimum absolute atomic E-state index is 0.0413. The zero-order valence-electron chi connectivity index (χ0n) is 11.3. The van der Waals surface area contributed by atoms with Crippen molar-refractivity contribution >= 4 is 11.8 Å². The molecule has 0 atom stereocenters. The molecule has 0 saturated heterocycles. The zero-order valence-corrected chi connectivity index (χ0v) is 11.3. The van der Waals surface area contributed by atoms with Crippen LogP contribution in [0.2, 0.25) is 0 Å². The largest absolute Gasteiger partial charge is 0.491 e. The Kier molecular flexibility index (Phi) is 5.06. The minimum Gasteiger partial charge on any atom is -0.491 e. The average molecular weight is 285 g/mol. The van der Waals surface area contributed by atoms with Crippen LogP contribution in [0.5, 0.6) is 5.75 Å². The molecule has 2 aromatic rings. The molecule has 0 saturated carbocycles. The summed E-state index contributed by atoms with van der Waals surface area (Å²) in [4.78, 5) is 10.8. The smallest absolute Gasteiger partial charge is 0.277 e. The fourth-order valence-electron chi connectivity index (χ4n) is 1.83. The van der Waals surface area contributed by atoms with Gasteiger partial charge in [-0.25, -0.2) is 0 Å². The van der Waals surface area contributed by atoms with Gasteiger partial charge in [-0.1, -0.05) is 30.3 Å². The van der Waals surface area contributed by atoms with Crippen LogP contribution in [0.3, 0.4) is 0 Å². The summed E-state index contributed by atoms with van der Waals surface area (Å²) in [7, 11) is 0. The van der Waals surface area contributed by atoms with Crippen LogP contribution in [0, 0.1) is 10.1 Å². The van der Waals surface area contributed by atoms with E-state index in [-0.39, 0.29) is 18.9 Å². The van der Waals surface area contributed by atoms with Crippen LogP contribution < -0.4 is 4.74 Å². The minimum atomic E-state index is -0.397. The summed E-state index contributed by atoms with van der Waals surface area (Å²) < 4.78 is 5.24. The van der Waals surface area contributed by atoms with Crippen molar-refractivity contribution in [2.45, 2.75) is 0 Å². The summed E-state index contributed by atoms with van der Waals surface area (Å²) in [5.74, 6) is 0.614. The first kappa shape index (κ1) is 14.7. The van der Waals surface area contributed by atoms with E-state index in [1.54, 1.807) is 48.5 Å². The first-order valence-corrected chi connectivity index (χ1v) is 6.46. The van der Waals surface area contributed by atoms with Gasteiger partial charge in [0.1, 0.15) is 12.4 Å². The molecule has 0 bridgehead atoms. The molecule has 2 aromatic carbocycles. The van der Waals surface area contributed by atoms with Crippen molar-refractivity contribution in [2.24, 2.45) is 0 Å². The summed E-state index contributed by atoms with van der Waals surface area (Å²) in [5.41, 5.74) is 1.31. The second-order valence-electron chi connectivity index (χ2n) is 4.29. The number of benzene rings is 2. The number of aliphatic hydroxyl groups excluding tert-OH is 1. The number of hydrogen-bond acceptors (Lipinski definition) is 4. The van der Waals surface area contributed by atoms with Crippen molar-refractivity contribution in [2.75, 3.05) is 13.2 Å². The summed E-state index contributed by atoms with van der Waals surface area (Å²) in [6.45, 7) is 0.167. The molecular formula is C16H15NO4. The topological polar surface area (TPSA) is 72.6 Å². The maximum Gasteiger partial charge on any atom is 0.277 e. The van der Waals surface area contributed by atoms with E-state index in [2.05, 4.69) is 0 Å². The van der Waals surface area contributed by atoms with E-state index >= 15 is 0 Å². The first-order chi connectivity index (χ1) is 10.2. The first-order valence-electron chi connectivity index (χ1n) is 6.46. The van der Waals surface area contributed by atoms with Crippen LogP contribution in [0.1, 0.15) is 11.1 Å². The zero-order chi connectivity index (χ0) is 15.1. The van der Waals surface area contributed by atoms with Crippen LogP contribution in [-0.2, 0) is 0 Å². The molecule has 1 N–H and O–H groups in total. The Bertz CT molecular complexity index is 620. The van der Waals surface area contributed by atoms with Crippen molar-refractivity contribution in [3.8, 4) is 5.75 Å². The lowest BCUT2D eigenvalue weighted by Gasteiger charge is -2.04. The third-order valence-corrected chi connectivity index (χ3v) is 2.81. The van der Waals surface area contributed by atoms with Gasteiger partial charge in [0.25, 0.3) is 5.70 Å². The lowest BCUT2D eigenvalue weighted by atomic mass is 10.1. The SMILES string of the molecule is O=[N+]([O-])C(=Cc1ccc(OCCO)cc1)c1ccccc1. The second kappa shape index (κ2) is 7.21. The van der Waals surface area contributed by atoms with E-state index in [4.69, 9.17) is 9.84 Å². The summed E-state index contributed by atoms with van der Waals surface area (Å²) in [5, 5.41) is 19.9. The van der Waals surface area contributed by atoms with Crippen LogP contribution in [0.25, 0.3) is 11.8 Å². The molecule has 0 aliphatic carbocycles. The maximum absolute atomic E-state index is 11.2. The lowest BCUT2D eigenvalue weighted by molar-refractivity contribution is -0.374. The quantitative estimate of drug-likeness (QED) is 0.503. The van der Waals surface area contributed by atoms with E-state index in [0.29, 0.717) is 16.9 Å². The van der Waals surface area contributed by atoms with Crippen LogP contribution in [-0.4, -0.2) is 23.2 Å². The van der Waals surface area contributed by atoms with Gasteiger partial charge in [0, 0.05) is 6.08 Å². The van der Waals surface area contributed by atoms with Gasteiger partial charge < -0.3 is 9.84 Å². The fourth-order valence-corrected chi connectivity index (χ4v) is 1.83. The molecule has 0 aliphatic heterocycles. The highest BCUT2D eigenvalue weighted by molar-refractivity contribution is 5.76. The number of nitro groups is 1. The number of rotatable bonds is 6. The van der Waals surface area contributed by atoms with Gasteiger partial charge in [0.2, 0.25) is 0 Å². The molecule has 2 rings (SSSR count). The van der Waals surface area contributed by atoms with Crippen LogP contribution in [0.4, 0.5) is 0 Å². The second-order valence-corrected chi connectivity index (χ2v) is 4.29. The highest BCUT2D eigenvalue weighted by Gasteiger charge is 2.13. The monoisotopic (exact) mass is 285 g/mol. The Labute approximate surface area is 122 Å². The highest BCUT2D eigenvalue weighted by atomic mass is 16.6. The van der Waals surface area contributed by atoms with E-state index in [9.17, 15) is 10.1 Å². The van der Waals surface area contributed by atoms with Crippen molar-refractivity contribution in [1.82, 2.24) is 0 Å². The third kappa shape index (κ3) is 4.15. The van der Waals surface area contributed by atoms with Gasteiger partial charge in [-0.15, -0.1) is 0 Å². The number of aliphatic hydroxyl groups is 1. The lowest BCUT2D eigenvalue weighted by Crippen LogP contribution is -2.01. The van der Waals surface area contributed by atoms with Crippen molar-refractivity contribution in [3.63, 3.8) is 0 Å². The van der Waals surface area contributed by atoms with E-state index in [1.807, 2.05) is 6.07 Å². The number of ether oxygens (including phenoxy) is 1. The van der Waals surface area contributed by atoms with Gasteiger partial charge in [0.05, 0.1) is 17.1 Å². The van der Waals surface area contributed by atoms with Gasteiger partial charge in [0.15, 0.2) is 0 Å². The molecule has 0 aromatic heterocycles. The Balaban J connectivity index is 2.25. The van der Waals surface area contributed by atoms with E-state index in [0.717, 1.165) is 0 Å². The molecule has 0 radical (unpaired) electrons. The molecule has 108 valence electrons. The molecule has 0 amide bonds. The van der Waals surface area contributed by atoms with Crippen LogP contribution >= 0.6 is 0 Å². The van der Waals surface area contributed by atoms with Crippen molar-refractivity contribution in [1.29, 1.82) is 0 Å². The predicted octanol–water partition coefficient (Wildman–Crippen LogP) is 2.83. The molecule has 0 unspecified atom stereocenters. The summed E-state index contributed by atoms with van der Waals surface area (Å²) >= 11 is 0. The maximum atomic E-state index is 11.2. The molecule has 0 fully saturated rings. The molecule has 0 aliphatic rings. The normalized spacial score (nSPS) is 11.2. The predicted molar refractivity (Wildman–Crippen MR) is 80.3 cm³/mol. The molecule has 0 heterocycles. The van der Waals surface area contributed by atoms with Gasteiger partial charge in [-0.05, 0) is 29.8 Å². The van der Waals surface area contributed by atoms with Crippen molar-refractivity contribution < 1.29 is 14.8 Å². The van der Waals surface area contributed by atoms with Gasteiger partial charge in [-0.3, -0.25) is 10.1 Å². The van der Waals surface area contributed by atoms with Crippen molar-refractivity contribution in [3.05, 3.63) is 75.8 Å². The molecule has 5 nitrogen and oxygen atoms in total. The number of nitrogens with zero attached hydrogens (tertiary/aromatic N) is 1. The molecular weight excluding hydrogens is 270 g/mol. The Hall–Kier alpha value is -2.66. The molecule has 5 heteroatoms. The summed E-state index contributed by atoms with van der Waals surface area (Å²) in [6, 6.07) is 15.6. The Morgan fingerprint density at radius 1 is 1.14 bits per heavy atom. The van der Waals surface area contributed by atoms with Crippen LogP contribution in [0.15, 0.2) is 54.6 Å². The average Bonchev–Trinajstić information content (AvgIpc) is 2.52. The highest BCUT2D eigenvalue weighted by Crippen LogP contribution is 2.20.